The van der Waals surface area contributed by atoms with Crippen LogP contribution in [0.15, 0.2) is 0 Å². The molecule has 2 rings (SSSR count). The predicted molar refractivity (Wildman–Crippen MR) is 66.8 cm³/mol. The van der Waals surface area contributed by atoms with Gasteiger partial charge in [0.2, 0.25) is 5.91 Å². The zero-order valence-corrected chi connectivity index (χ0v) is 10.8. The van der Waals surface area contributed by atoms with E-state index in [1.54, 1.807) is 0 Å². The fourth-order valence-corrected chi connectivity index (χ4v) is 2.46. The van der Waals surface area contributed by atoms with Crippen LogP contribution in [0.1, 0.15) is 32.6 Å². The van der Waals surface area contributed by atoms with E-state index in [1.165, 1.54) is 32.4 Å². The third-order valence-corrected chi connectivity index (χ3v) is 3.65. The maximum absolute atomic E-state index is 11.5. The molecule has 4 nitrogen and oxygen atoms in total. The lowest BCUT2D eigenvalue weighted by Gasteiger charge is -2.15. The lowest BCUT2D eigenvalue weighted by Crippen LogP contribution is -2.31. The van der Waals surface area contributed by atoms with Crippen LogP contribution in [-0.2, 0) is 9.53 Å². The molecule has 1 saturated carbocycles. The first-order valence-electron chi connectivity index (χ1n) is 6.88. The van der Waals surface area contributed by atoms with Crippen LogP contribution in [0, 0.1) is 5.92 Å². The van der Waals surface area contributed by atoms with Gasteiger partial charge in [-0.05, 0) is 38.6 Å². The Kier molecular flexibility index (Phi) is 4.80. The highest BCUT2D eigenvalue weighted by Gasteiger charge is 2.34. The molecule has 0 spiro atoms. The van der Waals surface area contributed by atoms with Crippen LogP contribution in [0.4, 0.5) is 0 Å². The topological polar surface area (TPSA) is 41.6 Å². The van der Waals surface area contributed by atoms with Gasteiger partial charge in [0.25, 0.3) is 0 Å². The van der Waals surface area contributed by atoms with E-state index in [4.69, 9.17) is 4.74 Å². The fourth-order valence-electron chi connectivity index (χ4n) is 2.46. The molecule has 2 aliphatic rings. The Balaban J connectivity index is 1.54. The number of ether oxygens (including phenoxy) is 1. The molecular formula is C13H24N2O2. The Bertz CT molecular complexity index is 254. The zero-order chi connectivity index (χ0) is 12.1. The second kappa shape index (κ2) is 6.36. The normalized spacial score (nSPS) is 25.1. The Morgan fingerprint density at radius 2 is 2.24 bits per heavy atom. The summed E-state index contributed by atoms with van der Waals surface area (Å²) in [5.74, 6) is 0.787. The second-order valence-electron chi connectivity index (χ2n) is 5.13. The number of hydrogen-bond donors (Lipinski definition) is 1. The van der Waals surface area contributed by atoms with Gasteiger partial charge in [-0.3, -0.25) is 4.79 Å². The van der Waals surface area contributed by atoms with Crippen molar-refractivity contribution in [1.29, 1.82) is 0 Å². The van der Waals surface area contributed by atoms with Crippen LogP contribution in [0.5, 0.6) is 0 Å². The highest BCUT2D eigenvalue weighted by molar-refractivity contribution is 5.75. The average Bonchev–Trinajstić information content (AvgIpc) is 3.07. The number of nitrogens with zero attached hydrogens (tertiary/aromatic N) is 1. The summed E-state index contributed by atoms with van der Waals surface area (Å²) in [6.07, 6.45) is 4.50. The fraction of sp³-hybridized carbons (Fsp3) is 0.923. The van der Waals surface area contributed by atoms with Crippen molar-refractivity contribution >= 4 is 5.91 Å². The molecule has 1 heterocycles. The number of carbonyl (C=O) groups excluding carboxylic acids is 1. The van der Waals surface area contributed by atoms with Gasteiger partial charge in [0.1, 0.15) is 0 Å². The van der Waals surface area contributed by atoms with Crippen molar-refractivity contribution in [2.45, 2.75) is 38.6 Å². The molecule has 17 heavy (non-hydrogen) atoms. The molecule has 1 atom stereocenters. The first-order chi connectivity index (χ1) is 8.29. The molecular weight excluding hydrogens is 216 g/mol. The summed E-state index contributed by atoms with van der Waals surface area (Å²) in [6.45, 7) is 6.42. The summed E-state index contributed by atoms with van der Waals surface area (Å²) in [7, 11) is 0. The highest BCUT2D eigenvalue weighted by Crippen LogP contribution is 2.31. The Labute approximate surface area is 104 Å². The number of likely N-dealkylation sites (tertiary alicyclic amines) is 1. The van der Waals surface area contributed by atoms with Crippen LogP contribution < -0.4 is 5.32 Å². The lowest BCUT2D eigenvalue weighted by molar-refractivity contribution is -0.122. The van der Waals surface area contributed by atoms with E-state index in [9.17, 15) is 4.79 Å². The number of rotatable bonds is 7. The molecule has 1 amide bonds. The third kappa shape index (κ3) is 4.28. The lowest BCUT2D eigenvalue weighted by atomic mass is 10.1. The van der Waals surface area contributed by atoms with Crippen molar-refractivity contribution in [3.05, 3.63) is 0 Å². The molecule has 1 aliphatic heterocycles. The summed E-state index contributed by atoms with van der Waals surface area (Å²) in [4.78, 5) is 14.1. The standard InChI is InChI=1S/C13H24N2O2/c1-2-17-8-6-13(16)14-9-11-5-7-15(10-11)12-3-4-12/h11-12H,2-10H2,1H3,(H,14,16). The molecule has 4 heteroatoms. The van der Waals surface area contributed by atoms with E-state index in [2.05, 4.69) is 10.2 Å². The number of hydrogen-bond acceptors (Lipinski definition) is 3. The van der Waals surface area contributed by atoms with Gasteiger partial charge in [0, 0.05) is 32.2 Å². The summed E-state index contributed by atoms with van der Waals surface area (Å²) >= 11 is 0. The number of nitrogens with one attached hydrogen (secondary N) is 1. The van der Waals surface area contributed by atoms with E-state index in [1.807, 2.05) is 6.92 Å². The van der Waals surface area contributed by atoms with E-state index >= 15 is 0 Å². The molecule has 0 aromatic rings. The molecule has 1 aliphatic carbocycles. The van der Waals surface area contributed by atoms with E-state index in [0.717, 1.165) is 12.6 Å². The van der Waals surface area contributed by atoms with Crippen LogP contribution in [0.3, 0.4) is 0 Å². The van der Waals surface area contributed by atoms with Crippen molar-refractivity contribution in [2.24, 2.45) is 5.92 Å². The van der Waals surface area contributed by atoms with Gasteiger partial charge in [-0.1, -0.05) is 0 Å². The minimum atomic E-state index is 0.128. The molecule has 2 fully saturated rings. The summed E-state index contributed by atoms with van der Waals surface area (Å²) in [5, 5.41) is 3.02. The van der Waals surface area contributed by atoms with Crippen LogP contribution in [0.2, 0.25) is 0 Å². The number of carbonyl (C=O) groups is 1. The van der Waals surface area contributed by atoms with Crippen molar-refractivity contribution in [2.75, 3.05) is 32.8 Å². The summed E-state index contributed by atoms with van der Waals surface area (Å²) < 4.78 is 5.16. The quantitative estimate of drug-likeness (QED) is 0.675. The molecule has 0 aromatic heterocycles. The molecule has 98 valence electrons. The first-order valence-corrected chi connectivity index (χ1v) is 6.88. The molecule has 1 saturated heterocycles. The Morgan fingerprint density at radius 1 is 1.41 bits per heavy atom. The van der Waals surface area contributed by atoms with Crippen molar-refractivity contribution < 1.29 is 9.53 Å². The molecule has 0 aromatic carbocycles. The van der Waals surface area contributed by atoms with Crippen LogP contribution >= 0.6 is 0 Å². The molecule has 1 unspecified atom stereocenters. The van der Waals surface area contributed by atoms with Crippen molar-refractivity contribution in [3.8, 4) is 0 Å². The van der Waals surface area contributed by atoms with Gasteiger partial charge in [0.05, 0.1) is 6.61 Å². The van der Waals surface area contributed by atoms with Gasteiger partial charge >= 0.3 is 0 Å². The van der Waals surface area contributed by atoms with Gasteiger partial charge in [-0.2, -0.15) is 0 Å². The predicted octanol–water partition coefficient (Wildman–Crippen LogP) is 1.01. The largest absolute Gasteiger partial charge is 0.381 e. The third-order valence-electron chi connectivity index (χ3n) is 3.65. The maximum Gasteiger partial charge on any atom is 0.222 e. The molecule has 0 bridgehead atoms. The second-order valence-corrected chi connectivity index (χ2v) is 5.13. The molecule has 1 N–H and O–H groups in total. The van der Waals surface area contributed by atoms with E-state index in [-0.39, 0.29) is 5.91 Å². The first kappa shape index (κ1) is 12.8. The van der Waals surface area contributed by atoms with Crippen LogP contribution in [-0.4, -0.2) is 49.7 Å². The zero-order valence-electron chi connectivity index (χ0n) is 10.8. The number of amides is 1. The minimum absolute atomic E-state index is 0.128. The average molecular weight is 240 g/mol. The van der Waals surface area contributed by atoms with Gasteiger partial charge in [-0.15, -0.1) is 0 Å². The van der Waals surface area contributed by atoms with E-state index in [0.29, 0.717) is 25.6 Å². The van der Waals surface area contributed by atoms with Gasteiger partial charge in [-0.25, -0.2) is 0 Å². The van der Waals surface area contributed by atoms with E-state index < -0.39 is 0 Å². The SMILES string of the molecule is CCOCCC(=O)NCC1CCN(C2CC2)C1. The van der Waals surface area contributed by atoms with Gasteiger partial charge in [0.15, 0.2) is 0 Å². The Morgan fingerprint density at radius 3 is 2.94 bits per heavy atom. The summed E-state index contributed by atoms with van der Waals surface area (Å²) in [5.41, 5.74) is 0. The molecule has 0 radical (unpaired) electrons. The monoisotopic (exact) mass is 240 g/mol. The van der Waals surface area contributed by atoms with Crippen molar-refractivity contribution in [1.82, 2.24) is 10.2 Å². The highest BCUT2D eigenvalue weighted by atomic mass is 16.5. The van der Waals surface area contributed by atoms with Crippen LogP contribution in [0.25, 0.3) is 0 Å². The smallest absolute Gasteiger partial charge is 0.222 e. The van der Waals surface area contributed by atoms with Gasteiger partial charge < -0.3 is 15.0 Å². The summed E-state index contributed by atoms with van der Waals surface area (Å²) in [6, 6.07) is 0.869. The maximum atomic E-state index is 11.5. The minimum Gasteiger partial charge on any atom is -0.381 e. The van der Waals surface area contributed by atoms with Crippen molar-refractivity contribution in [3.63, 3.8) is 0 Å². The Hall–Kier alpha value is -0.610.